The van der Waals surface area contributed by atoms with Gasteiger partial charge in [0.1, 0.15) is 5.82 Å². The van der Waals surface area contributed by atoms with Gasteiger partial charge >= 0.3 is 0 Å². The molecule has 1 amide bonds. The van der Waals surface area contributed by atoms with E-state index in [0.29, 0.717) is 6.42 Å². The summed E-state index contributed by atoms with van der Waals surface area (Å²) in [6.45, 7) is 4.63. The second-order valence-electron chi connectivity index (χ2n) is 4.68. The average molecular weight is 269 g/mol. The van der Waals surface area contributed by atoms with E-state index in [1.54, 1.807) is 6.20 Å². The van der Waals surface area contributed by atoms with E-state index < -0.39 is 0 Å². The molecule has 2 N–H and O–H groups in total. The van der Waals surface area contributed by atoms with Crippen LogP contribution >= 0.6 is 0 Å². The third-order valence-corrected chi connectivity index (χ3v) is 2.92. The number of carbonyl (C=O) groups excluding carboxylic acids is 1. The van der Waals surface area contributed by atoms with Crippen molar-refractivity contribution >= 4 is 17.4 Å². The number of carbonyl (C=O) groups is 1. The predicted molar refractivity (Wildman–Crippen MR) is 81.7 cm³/mol. The molecule has 2 aromatic rings. The van der Waals surface area contributed by atoms with E-state index in [9.17, 15) is 4.79 Å². The Morgan fingerprint density at radius 2 is 2.10 bits per heavy atom. The van der Waals surface area contributed by atoms with Crippen LogP contribution in [0.1, 0.15) is 24.5 Å². The van der Waals surface area contributed by atoms with Gasteiger partial charge in [0.2, 0.25) is 5.91 Å². The monoisotopic (exact) mass is 269 g/mol. The number of anilines is 2. The van der Waals surface area contributed by atoms with Gasteiger partial charge in [0.15, 0.2) is 0 Å². The number of pyridine rings is 1. The Labute approximate surface area is 119 Å². The van der Waals surface area contributed by atoms with E-state index in [-0.39, 0.29) is 5.91 Å². The van der Waals surface area contributed by atoms with Crippen molar-refractivity contribution < 1.29 is 4.79 Å². The fourth-order valence-corrected chi connectivity index (χ4v) is 1.84. The van der Waals surface area contributed by atoms with E-state index in [2.05, 4.69) is 40.7 Å². The van der Waals surface area contributed by atoms with Crippen LogP contribution in [0.3, 0.4) is 0 Å². The fourth-order valence-electron chi connectivity index (χ4n) is 1.84. The Morgan fingerprint density at radius 1 is 1.25 bits per heavy atom. The molecule has 0 saturated heterocycles. The summed E-state index contributed by atoms with van der Waals surface area (Å²) in [5, 5.41) is 6.03. The number of nitrogens with one attached hydrogen (secondary N) is 2. The van der Waals surface area contributed by atoms with Crippen LogP contribution in [-0.2, 0) is 11.3 Å². The second kappa shape index (κ2) is 6.70. The molecule has 0 spiro atoms. The van der Waals surface area contributed by atoms with Crippen LogP contribution in [0.2, 0.25) is 0 Å². The summed E-state index contributed by atoms with van der Waals surface area (Å²) in [4.78, 5) is 15.5. The molecule has 104 valence electrons. The third-order valence-electron chi connectivity index (χ3n) is 2.92. The van der Waals surface area contributed by atoms with E-state index in [1.807, 2.05) is 25.1 Å². The van der Waals surface area contributed by atoms with Gasteiger partial charge in [-0.05, 0) is 24.6 Å². The van der Waals surface area contributed by atoms with Crippen LogP contribution in [-0.4, -0.2) is 10.9 Å². The molecular formula is C16H19N3O. The largest absolute Gasteiger partial charge is 0.366 e. The van der Waals surface area contributed by atoms with Crippen LogP contribution in [0.25, 0.3) is 0 Å². The SMILES string of the molecule is CCC(=O)Nc1ccc(NCc2cccc(C)c2)nc1. The Bertz CT molecular complexity index is 579. The highest BCUT2D eigenvalue weighted by molar-refractivity contribution is 5.90. The quantitative estimate of drug-likeness (QED) is 0.875. The van der Waals surface area contributed by atoms with E-state index >= 15 is 0 Å². The van der Waals surface area contributed by atoms with Gasteiger partial charge in [0, 0.05) is 13.0 Å². The van der Waals surface area contributed by atoms with Crippen LogP contribution in [0, 0.1) is 6.92 Å². The van der Waals surface area contributed by atoms with Crippen LogP contribution in [0.15, 0.2) is 42.6 Å². The maximum atomic E-state index is 11.3. The standard InChI is InChI=1S/C16H19N3O/c1-3-16(20)19-14-7-8-15(18-11-14)17-10-13-6-4-5-12(2)9-13/h4-9,11H,3,10H2,1-2H3,(H,17,18)(H,19,20). The zero-order chi connectivity index (χ0) is 14.4. The molecule has 0 aliphatic carbocycles. The average Bonchev–Trinajstić information content (AvgIpc) is 2.46. The fraction of sp³-hybridized carbons (Fsp3) is 0.250. The second-order valence-corrected chi connectivity index (χ2v) is 4.68. The van der Waals surface area contributed by atoms with Crippen LogP contribution in [0.4, 0.5) is 11.5 Å². The zero-order valence-electron chi connectivity index (χ0n) is 11.8. The summed E-state index contributed by atoms with van der Waals surface area (Å²) in [7, 11) is 0. The Hall–Kier alpha value is -2.36. The summed E-state index contributed by atoms with van der Waals surface area (Å²) >= 11 is 0. The molecule has 0 aliphatic heterocycles. The Balaban J connectivity index is 1.92. The number of aryl methyl sites for hydroxylation is 1. The summed E-state index contributed by atoms with van der Waals surface area (Å²) in [5.41, 5.74) is 3.18. The van der Waals surface area contributed by atoms with E-state index in [1.165, 1.54) is 11.1 Å². The predicted octanol–water partition coefficient (Wildman–Crippen LogP) is 3.35. The number of aromatic nitrogens is 1. The molecule has 0 radical (unpaired) electrons. The number of rotatable bonds is 5. The van der Waals surface area contributed by atoms with Gasteiger partial charge in [-0.1, -0.05) is 36.8 Å². The normalized spacial score (nSPS) is 10.1. The lowest BCUT2D eigenvalue weighted by atomic mass is 10.1. The molecule has 0 atom stereocenters. The van der Waals surface area contributed by atoms with Crippen molar-refractivity contribution in [3.63, 3.8) is 0 Å². The van der Waals surface area contributed by atoms with Crippen LogP contribution < -0.4 is 10.6 Å². The topological polar surface area (TPSA) is 54.0 Å². The molecule has 4 nitrogen and oxygen atoms in total. The molecule has 2 rings (SSSR count). The number of benzene rings is 1. The minimum Gasteiger partial charge on any atom is -0.366 e. The molecule has 4 heteroatoms. The van der Waals surface area contributed by atoms with E-state index in [4.69, 9.17) is 0 Å². The van der Waals surface area contributed by atoms with Crippen molar-refractivity contribution in [2.45, 2.75) is 26.8 Å². The summed E-state index contributed by atoms with van der Waals surface area (Å²) in [5.74, 6) is 0.785. The van der Waals surface area contributed by atoms with Gasteiger partial charge < -0.3 is 10.6 Å². The molecule has 0 unspecified atom stereocenters. The summed E-state index contributed by atoms with van der Waals surface area (Å²) in [6, 6.07) is 12.1. The first-order valence-corrected chi connectivity index (χ1v) is 6.72. The highest BCUT2D eigenvalue weighted by Crippen LogP contribution is 2.12. The van der Waals surface area contributed by atoms with Crippen LogP contribution in [0.5, 0.6) is 0 Å². The smallest absolute Gasteiger partial charge is 0.224 e. The Morgan fingerprint density at radius 3 is 2.75 bits per heavy atom. The first-order valence-electron chi connectivity index (χ1n) is 6.72. The number of hydrogen-bond donors (Lipinski definition) is 2. The zero-order valence-corrected chi connectivity index (χ0v) is 11.8. The lowest BCUT2D eigenvalue weighted by Crippen LogP contribution is -2.10. The van der Waals surface area contributed by atoms with Crippen molar-refractivity contribution in [1.82, 2.24) is 4.98 Å². The minimum atomic E-state index is -0.00716. The summed E-state index contributed by atoms with van der Waals surface area (Å²) in [6.07, 6.45) is 2.12. The van der Waals surface area contributed by atoms with Gasteiger partial charge in [0.25, 0.3) is 0 Å². The maximum Gasteiger partial charge on any atom is 0.224 e. The number of amides is 1. The minimum absolute atomic E-state index is 0.00716. The van der Waals surface area contributed by atoms with Gasteiger partial charge in [-0.15, -0.1) is 0 Å². The first-order chi connectivity index (χ1) is 9.67. The van der Waals surface area contributed by atoms with E-state index in [0.717, 1.165) is 18.1 Å². The van der Waals surface area contributed by atoms with Crippen molar-refractivity contribution in [1.29, 1.82) is 0 Å². The lowest BCUT2D eigenvalue weighted by molar-refractivity contribution is -0.115. The summed E-state index contributed by atoms with van der Waals surface area (Å²) < 4.78 is 0. The molecule has 0 bridgehead atoms. The van der Waals surface area contributed by atoms with Crippen molar-refractivity contribution in [3.8, 4) is 0 Å². The molecule has 0 fully saturated rings. The lowest BCUT2D eigenvalue weighted by Gasteiger charge is -2.08. The van der Waals surface area contributed by atoms with Crippen molar-refractivity contribution in [3.05, 3.63) is 53.7 Å². The van der Waals surface area contributed by atoms with Gasteiger partial charge in [-0.3, -0.25) is 4.79 Å². The van der Waals surface area contributed by atoms with Crippen molar-refractivity contribution in [2.24, 2.45) is 0 Å². The molecule has 1 heterocycles. The third kappa shape index (κ3) is 4.09. The molecule has 0 aliphatic rings. The number of hydrogen-bond acceptors (Lipinski definition) is 3. The molecule has 0 saturated carbocycles. The van der Waals surface area contributed by atoms with Crippen molar-refractivity contribution in [2.75, 3.05) is 10.6 Å². The maximum absolute atomic E-state index is 11.3. The van der Waals surface area contributed by atoms with Gasteiger partial charge in [0.05, 0.1) is 11.9 Å². The molecule has 20 heavy (non-hydrogen) atoms. The molecule has 1 aromatic heterocycles. The molecule has 1 aromatic carbocycles. The Kier molecular flexibility index (Phi) is 4.71. The number of nitrogens with zero attached hydrogens (tertiary/aromatic N) is 1. The first kappa shape index (κ1) is 14.1. The highest BCUT2D eigenvalue weighted by Gasteiger charge is 2.00. The van der Waals surface area contributed by atoms with Gasteiger partial charge in [-0.25, -0.2) is 4.98 Å². The molecular weight excluding hydrogens is 250 g/mol. The highest BCUT2D eigenvalue weighted by atomic mass is 16.1. The van der Waals surface area contributed by atoms with Gasteiger partial charge in [-0.2, -0.15) is 0 Å².